The number of hydrogen-bond acceptors (Lipinski definition) is 18. The summed E-state index contributed by atoms with van der Waals surface area (Å²) in [7, 11) is 0. The molecule has 19 heteroatoms. The van der Waals surface area contributed by atoms with Crippen molar-refractivity contribution in [2.45, 2.75) is 291 Å². The highest BCUT2D eigenvalue weighted by Gasteiger charge is 2.53. The van der Waals surface area contributed by atoms with E-state index in [1.807, 2.05) is 6.08 Å². The first-order valence-electron chi connectivity index (χ1n) is 33.1. The van der Waals surface area contributed by atoms with Crippen LogP contribution in [-0.4, -0.2) is 193 Å². The third-order valence-corrected chi connectivity index (χ3v) is 15.8. The van der Waals surface area contributed by atoms with Crippen LogP contribution >= 0.6 is 0 Å². The zero-order valence-corrected chi connectivity index (χ0v) is 52.9. The maximum atomic E-state index is 13.4. The van der Waals surface area contributed by atoms with Gasteiger partial charge in [-0.15, -0.1) is 0 Å². The van der Waals surface area contributed by atoms with Crippen molar-refractivity contribution in [2.24, 2.45) is 0 Å². The van der Waals surface area contributed by atoms with Crippen LogP contribution in [0.25, 0.3) is 0 Å². The molecule has 12 N–H and O–H groups in total. The maximum absolute atomic E-state index is 13.4. The Morgan fingerprint density at radius 2 is 0.795 bits per heavy atom. The molecule has 0 spiro atoms. The summed E-state index contributed by atoms with van der Waals surface area (Å²) in [6, 6.07) is -1.01. The first-order chi connectivity index (χ1) is 42.8. The largest absolute Gasteiger partial charge is 0.394 e. The van der Waals surface area contributed by atoms with Crippen molar-refractivity contribution in [3.05, 3.63) is 109 Å². The third-order valence-electron chi connectivity index (χ3n) is 15.8. The maximum Gasteiger partial charge on any atom is 0.220 e. The van der Waals surface area contributed by atoms with E-state index in [0.29, 0.717) is 12.8 Å². The summed E-state index contributed by atoms with van der Waals surface area (Å²) >= 11 is 0. The highest BCUT2D eigenvalue weighted by Crippen LogP contribution is 2.33. The van der Waals surface area contributed by atoms with E-state index in [1.54, 1.807) is 6.08 Å². The molecule has 0 aromatic carbocycles. The van der Waals surface area contributed by atoms with Gasteiger partial charge in [0.2, 0.25) is 5.91 Å². The average Bonchev–Trinajstić information content (AvgIpc) is 3.70. The highest BCUT2D eigenvalue weighted by atomic mass is 16.8. The fraction of sp³-hybridized carbons (Fsp3) is 0.725. The number of unbranched alkanes of at least 4 members (excludes halogenated alkanes) is 16. The van der Waals surface area contributed by atoms with Crippen molar-refractivity contribution < 1.29 is 89.4 Å². The minimum absolute atomic E-state index is 0.207. The minimum atomic E-state index is -1.99. The standard InChI is InChI=1S/C69H115NO18/c1-3-5-7-9-11-13-15-17-19-21-23-24-25-26-27-28-29-31-33-35-37-39-41-43-45-47-57(75)70-52(53(74)46-44-42-40-38-36-34-32-30-22-20-18-16-14-12-10-8-6-4-2)51-83-67-63(81)60(78)65(55(49-72)85-67)88-69-64(82)61(79)66(56(50-73)86-69)87-68-62(80)59(77)58(76)54(48-71)84-68/h5,7,11,13,17,19,22-24,26-27,29-31,36,38,44,46,52-56,58-69,71-74,76-82H,3-4,6,8-10,12,14-16,18,20-21,25,28,32-35,37,39-43,45,47-51H2,1-2H3,(H,70,75)/b7-5-,13-11-,19-17-,24-23-,27-26-,30-22+,31-29-,38-36+,46-44+. The number of allylic oxidation sites excluding steroid dienone is 17. The number of amides is 1. The summed E-state index contributed by atoms with van der Waals surface area (Å²) < 4.78 is 34.3. The summed E-state index contributed by atoms with van der Waals surface area (Å²) in [6.45, 7) is 1.55. The molecule has 3 saturated heterocycles. The van der Waals surface area contributed by atoms with Crippen molar-refractivity contribution in [1.29, 1.82) is 0 Å². The number of aliphatic hydroxyl groups is 11. The van der Waals surface area contributed by atoms with Gasteiger partial charge in [-0.2, -0.15) is 0 Å². The van der Waals surface area contributed by atoms with E-state index in [-0.39, 0.29) is 18.9 Å². The van der Waals surface area contributed by atoms with Crippen LogP contribution in [0.4, 0.5) is 0 Å². The van der Waals surface area contributed by atoms with Crippen molar-refractivity contribution in [3.8, 4) is 0 Å². The number of ether oxygens (including phenoxy) is 6. The second-order valence-electron chi connectivity index (χ2n) is 23.2. The van der Waals surface area contributed by atoms with Gasteiger partial charge in [0, 0.05) is 6.42 Å². The lowest BCUT2D eigenvalue weighted by Crippen LogP contribution is -2.66. The number of carbonyl (C=O) groups is 1. The van der Waals surface area contributed by atoms with E-state index in [1.165, 1.54) is 51.4 Å². The van der Waals surface area contributed by atoms with Crippen LogP contribution < -0.4 is 5.32 Å². The van der Waals surface area contributed by atoms with Gasteiger partial charge in [0.25, 0.3) is 0 Å². The van der Waals surface area contributed by atoms with Crippen LogP contribution in [0.1, 0.15) is 187 Å². The molecule has 0 radical (unpaired) electrons. The van der Waals surface area contributed by atoms with Crippen molar-refractivity contribution >= 4 is 5.91 Å². The number of hydrogen-bond donors (Lipinski definition) is 12. The van der Waals surface area contributed by atoms with Gasteiger partial charge in [0.15, 0.2) is 18.9 Å². The van der Waals surface area contributed by atoms with E-state index in [2.05, 4.69) is 116 Å². The molecule has 0 aromatic rings. The average molecular weight is 1250 g/mol. The van der Waals surface area contributed by atoms with Crippen molar-refractivity contribution in [3.63, 3.8) is 0 Å². The summed E-state index contributed by atoms with van der Waals surface area (Å²) in [5, 5.41) is 120. The lowest BCUT2D eigenvalue weighted by Gasteiger charge is -2.48. The zero-order valence-electron chi connectivity index (χ0n) is 52.9. The van der Waals surface area contributed by atoms with Crippen LogP contribution in [0.15, 0.2) is 109 Å². The van der Waals surface area contributed by atoms with E-state index in [9.17, 15) is 61.0 Å². The molecule has 88 heavy (non-hydrogen) atoms. The molecule has 0 aromatic heterocycles. The fourth-order valence-electron chi connectivity index (χ4n) is 10.4. The molecule has 0 saturated carbocycles. The molecule has 0 aliphatic carbocycles. The summed E-state index contributed by atoms with van der Waals surface area (Å²) in [6.07, 6.45) is 39.1. The van der Waals surface area contributed by atoms with Gasteiger partial charge in [-0.05, 0) is 96.3 Å². The Kier molecular flexibility index (Phi) is 44.8. The lowest BCUT2D eigenvalue weighted by atomic mass is 9.96. The fourth-order valence-corrected chi connectivity index (χ4v) is 10.4. The smallest absolute Gasteiger partial charge is 0.220 e. The Hall–Kier alpha value is -3.55. The predicted octanol–water partition coefficient (Wildman–Crippen LogP) is 7.88. The van der Waals surface area contributed by atoms with Gasteiger partial charge < -0.3 is 89.9 Å². The highest BCUT2D eigenvalue weighted by molar-refractivity contribution is 5.76. The normalized spacial score (nSPS) is 29.1. The first-order valence-corrected chi connectivity index (χ1v) is 33.1. The molecular weight excluding hydrogens is 1130 g/mol. The molecule has 3 heterocycles. The van der Waals surface area contributed by atoms with E-state index in [0.717, 1.165) is 103 Å². The van der Waals surface area contributed by atoms with Crippen molar-refractivity contribution in [2.75, 3.05) is 26.4 Å². The van der Waals surface area contributed by atoms with Crippen LogP contribution in [0.5, 0.6) is 0 Å². The Labute approximate surface area is 525 Å². The molecule has 3 aliphatic heterocycles. The van der Waals surface area contributed by atoms with Crippen LogP contribution in [0.3, 0.4) is 0 Å². The van der Waals surface area contributed by atoms with Crippen LogP contribution in [0, 0.1) is 0 Å². The van der Waals surface area contributed by atoms with Gasteiger partial charge in [0.05, 0.1) is 38.6 Å². The van der Waals surface area contributed by atoms with Crippen LogP contribution in [-0.2, 0) is 33.2 Å². The number of carbonyl (C=O) groups excluding carboxylic acids is 1. The molecule has 19 nitrogen and oxygen atoms in total. The Bertz CT molecular complexity index is 2020. The van der Waals surface area contributed by atoms with E-state index in [4.69, 9.17) is 28.4 Å². The molecule has 3 fully saturated rings. The third kappa shape index (κ3) is 32.1. The number of aliphatic hydroxyl groups excluding tert-OH is 11. The number of nitrogens with one attached hydrogen (secondary N) is 1. The molecule has 17 unspecified atom stereocenters. The second-order valence-corrected chi connectivity index (χ2v) is 23.2. The molecule has 1 amide bonds. The van der Waals surface area contributed by atoms with Gasteiger partial charge in [-0.3, -0.25) is 4.79 Å². The molecule has 504 valence electrons. The predicted molar refractivity (Wildman–Crippen MR) is 341 cm³/mol. The van der Waals surface area contributed by atoms with Gasteiger partial charge in [0.1, 0.15) is 73.2 Å². The minimum Gasteiger partial charge on any atom is -0.394 e. The lowest BCUT2D eigenvalue weighted by molar-refractivity contribution is -0.379. The van der Waals surface area contributed by atoms with E-state index >= 15 is 0 Å². The molecule has 3 aliphatic rings. The van der Waals surface area contributed by atoms with Gasteiger partial charge >= 0.3 is 0 Å². The van der Waals surface area contributed by atoms with Crippen LogP contribution in [0.2, 0.25) is 0 Å². The summed E-state index contributed by atoms with van der Waals surface area (Å²) in [5.74, 6) is -0.310. The summed E-state index contributed by atoms with van der Waals surface area (Å²) in [5.41, 5.74) is 0. The van der Waals surface area contributed by atoms with E-state index < -0.39 is 124 Å². The zero-order chi connectivity index (χ0) is 64.0. The molecule has 17 atom stereocenters. The molecule has 3 rings (SSSR count). The number of rotatable bonds is 48. The Balaban J connectivity index is 1.48. The quantitative estimate of drug-likeness (QED) is 0.0204. The summed E-state index contributed by atoms with van der Waals surface area (Å²) in [4.78, 5) is 13.4. The first kappa shape index (κ1) is 78.7. The molecule has 0 bridgehead atoms. The van der Waals surface area contributed by atoms with Crippen molar-refractivity contribution in [1.82, 2.24) is 5.32 Å². The van der Waals surface area contributed by atoms with Gasteiger partial charge in [-0.1, -0.05) is 194 Å². The monoisotopic (exact) mass is 1250 g/mol. The van der Waals surface area contributed by atoms with Gasteiger partial charge in [-0.25, -0.2) is 0 Å². The topological polar surface area (TPSA) is 307 Å². The Morgan fingerprint density at radius 1 is 0.420 bits per heavy atom. The second kappa shape index (κ2) is 50.1. The SMILES string of the molecule is CC/C=C\C/C=C\C/C=C\C/C=C\C/C=C\C/C=C\CCCCCCCCC(=O)NC(COC1OC(CO)C(OC2OC(CO)C(OC3OC(CO)C(O)C(O)C3O)C(O)C2O)C(O)C1O)C(O)/C=C/CC/C=C/CC/C=C/CCCCCCCCCC. The molecular formula is C69H115NO18. The Morgan fingerprint density at radius 3 is 1.27 bits per heavy atom.